The zero-order valence-electron chi connectivity index (χ0n) is 12.7. The van der Waals surface area contributed by atoms with Crippen LogP contribution >= 0.6 is 0 Å². The van der Waals surface area contributed by atoms with Crippen molar-refractivity contribution in [2.24, 2.45) is 5.92 Å². The summed E-state index contributed by atoms with van der Waals surface area (Å²) in [6.45, 7) is 7.52. The Bertz CT molecular complexity index is 414. The zero-order valence-corrected chi connectivity index (χ0v) is 12.7. The number of aliphatic hydroxyl groups is 1. The molecule has 2 nitrogen and oxygen atoms in total. The third kappa shape index (κ3) is 3.18. The Hall–Kier alpha value is -0.860. The van der Waals surface area contributed by atoms with Crippen molar-refractivity contribution in [3.63, 3.8) is 0 Å². The van der Waals surface area contributed by atoms with E-state index in [1.165, 1.54) is 11.1 Å². The Labute approximate surface area is 117 Å². The lowest BCUT2D eigenvalue weighted by molar-refractivity contribution is -0.0778. The van der Waals surface area contributed by atoms with Gasteiger partial charge in [0.05, 0.1) is 5.60 Å². The van der Waals surface area contributed by atoms with Gasteiger partial charge >= 0.3 is 0 Å². The predicted octanol–water partition coefficient (Wildman–Crippen LogP) is 2.88. The second kappa shape index (κ2) is 5.64. The fraction of sp³-hybridized carbons (Fsp3) is 0.647. The zero-order chi connectivity index (χ0) is 14.0. The van der Waals surface area contributed by atoms with Gasteiger partial charge in [0.2, 0.25) is 0 Å². The summed E-state index contributed by atoms with van der Waals surface area (Å²) in [6, 6.07) is 9.17. The van der Waals surface area contributed by atoms with Gasteiger partial charge in [0.1, 0.15) is 0 Å². The number of hydrogen-bond acceptors (Lipinski definition) is 2. The molecular weight excluding hydrogens is 234 g/mol. The molecule has 3 atom stereocenters. The summed E-state index contributed by atoms with van der Waals surface area (Å²) in [5.41, 5.74) is 2.06. The van der Waals surface area contributed by atoms with Crippen molar-refractivity contribution >= 4 is 0 Å². The minimum absolute atomic E-state index is 0.319. The first-order valence-corrected chi connectivity index (χ1v) is 7.45. The van der Waals surface area contributed by atoms with Gasteiger partial charge in [0.25, 0.3) is 0 Å². The van der Waals surface area contributed by atoms with E-state index < -0.39 is 5.60 Å². The SMILES string of the molecule is CCc1ccc(C[C@]2(O)C[C@H](C)N(C)C[C@H]2C)cc1. The average molecular weight is 261 g/mol. The molecule has 1 saturated heterocycles. The molecule has 0 unspecified atom stereocenters. The maximum Gasteiger partial charge on any atom is 0.0740 e. The van der Waals surface area contributed by atoms with Gasteiger partial charge in [-0.15, -0.1) is 0 Å². The van der Waals surface area contributed by atoms with Gasteiger partial charge < -0.3 is 10.0 Å². The van der Waals surface area contributed by atoms with Crippen LogP contribution in [0.5, 0.6) is 0 Å². The van der Waals surface area contributed by atoms with Crippen LogP contribution in [0, 0.1) is 5.92 Å². The summed E-state index contributed by atoms with van der Waals surface area (Å²) in [6.07, 6.45) is 2.71. The molecule has 0 aliphatic carbocycles. The fourth-order valence-corrected chi connectivity index (χ4v) is 3.14. The maximum atomic E-state index is 11.0. The highest BCUT2D eigenvalue weighted by Crippen LogP contribution is 2.33. The lowest BCUT2D eigenvalue weighted by Crippen LogP contribution is -2.54. The average Bonchev–Trinajstić information content (AvgIpc) is 2.37. The summed E-state index contributed by atoms with van der Waals surface area (Å²) in [7, 11) is 2.15. The van der Waals surface area contributed by atoms with Crippen LogP contribution in [0.15, 0.2) is 24.3 Å². The van der Waals surface area contributed by atoms with E-state index in [1.54, 1.807) is 0 Å². The van der Waals surface area contributed by atoms with Gasteiger partial charge in [-0.05, 0) is 43.9 Å². The Morgan fingerprint density at radius 3 is 2.37 bits per heavy atom. The molecule has 1 aromatic carbocycles. The van der Waals surface area contributed by atoms with Gasteiger partial charge in [0, 0.05) is 19.0 Å². The quantitative estimate of drug-likeness (QED) is 0.904. The second-order valence-corrected chi connectivity index (χ2v) is 6.34. The van der Waals surface area contributed by atoms with Crippen LogP contribution in [0.3, 0.4) is 0 Å². The number of rotatable bonds is 3. The topological polar surface area (TPSA) is 23.5 Å². The number of aryl methyl sites for hydroxylation is 1. The summed E-state index contributed by atoms with van der Waals surface area (Å²) in [5, 5.41) is 11.0. The largest absolute Gasteiger partial charge is 0.389 e. The highest BCUT2D eigenvalue weighted by atomic mass is 16.3. The number of benzene rings is 1. The van der Waals surface area contributed by atoms with E-state index >= 15 is 0 Å². The molecule has 0 saturated carbocycles. The number of nitrogens with zero attached hydrogens (tertiary/aromatic N) is 1. The molecule has 1 aliphatic rings. The molecule has 2 heteroatoms. The molecular formula is C17H27NO. The summed E-state index contributed by atoms with van der Waals surface area (Å²) in [5.74, 6) is 0.319. The molecule has 106 valence electrons. The summed E-state index contributed by atoms with van der Waals surface area (Å²) < 4.78 is 0. The van der Waals surface area contributed by atoms with Gasteiger partial charge in [-0.25, -0.2) is 0 Å². The standard InChI is InChI=1S/C17H27NO/c1-5-15-6-8-16(9-7-15)11-17(19)10-14(3)18(4)12-13(17)2/h6-9,13-14,19H,5,10-12H2,1-4H3/t13-,14+,17-/m1/s1. The van der Waals surface area contributed by atoms with Crippen LogP contribution < -0.4 is 0 Å². The molecule has 1 fully saturated rings. The van der Waals surface area contributed by atoms with Gasteiger partial charge in [-0.1, -0.05) is 38.1 Å². The molecule has 1 N–H and O–H groups in total. The first-order valence-electron chi connectivity index (χ1n) is 7.45. The van der Waals surface area contributed by atoms with Crippen molar-refractivity contribution in [2.75, 3.05) is 13.6 Å². The second-order valence-electron chi connectivity index (χ2n) is 6.34. The highest BCUT2D eigenvalue weighted by molar-refractivity contribution is 5.24. The van der Waals surface area contributed by atoms with Crippen molar-refractivity contribution in [1.82, 2.24) is 4.90 Å². The molecule has 0 radical (unpaired) electrons. The first-order chi connectivity index (χ1) is 8.94. The van der Waals surface area contributed by atoms with Crippen molar-refractivity contribution in [1.29, 1.82) is 0 Å². The summed E-state index contributed by atoms with van der Waals surface area (Å²) in [4.78, 5) is 2.35. The molecule has 0 amide bonds. The highest BCUT2D eigenvalue weighted by Gasteiger charge is 2.40. The number of hydrogen-bond donors (Lipinski definition) is 1. The minimum Gasteiger partial charge on any atom is -0.389 e. The van der Waals surface area contributed by atoms with E-state index in [1.807, 2.05) is 0 Å². The Morgan fingerprint density at radius 2 is 1.79 bits per heavy atom. The van der Waals surface area contributed by atoms with Crippen LogP contribution in [0.1, 0.15) is 38.3 Å². The molecule has 1 heterocycles. The van der Waals surface area contributed by atoms with Crippen molar-refractivity contribution in [3.05, 3.63) is 35.4 Å². The van der Waals surface area contributed by atoms with Crippen LogP contribution in [-0.2, 0) is 12.8 Å². The first kappa shape index (κ1) is 14.5. The van der Waals surface area contributed by atoms with Gasteiger partial charge in [-0.3, -0.25) is 0 Å². The van der Waals surface area contributed by atoms with Crippen LogP contribution in [0.4, 0.5) is 0 Å². The molecule has 0 spiro atoms. The third-order valence-electron chi connectivity index (χ3n) is 4.82. The van der Waals surface area contributed by atoms with Gasteiger partial charge in [-0.2, -0.15) is 0 Å². The monoisotopic (exact) mass is 261 g/mol. The molecule has 1 aliphatic heterocycles. The third-order valence-corrected chi connectivity index (χ3v) is 4.82. The predicted molar refractivity (Wildman–Crippen MR) is 80.3 cm³/mol. The minimum atomic E-state index is -0.556. The normalized spacial score (nSPS) is 32.5. The Balaban J connectivity index is 2.11. The van der Waals surface area contributed by atoms with Crippen molar-refractivity contribution < 1.29 is 5.11 Å². The van der Waals surface area contributed by atoms with Crippen molar-refractivity contribution in [2.45, 2.75) is 51.7 Å². The Kier molecular flexibility index (Phi) is 4.32. The molecule has 19 heavy (non-hydrogen) atoms. The molecule has 0 bridgehead atoms. The van der Waals surface area contributed by atoms with E-state index in [2.05, 4.69) is 57.0 Å². The molecule has 1 aromatic rings. The van der Waals surface area contributed by atoms with Crippen LogP contribution in [-0.4, -0.2) is 35.2 Å². The van der Waals surface area contributed by atoms with Gasteiger partial charge in [0.15, 0.2) is 0 Å². The lowest BCUT2D eigenvalue weighted by Gasteiger charge is -2.46. The lowest BCUT2D eigenvalue weighted by atomic mass is 9.75. The van der Waals surface area contributed by atoms with Crippen LogP contribution in [0.2, 0.25) is 0 Å². The van der Waals surface area contributed by atoms with Crippen molar-refractivity contribution in [3.8, 4) is 0 Å². The van der Waals surface area contributed by atoms with E-state index in [9.17, 15) is 5.11 Å². The number of piperidine rings is 1. The Morgan fingerprint density at radius 1 is 1.21 bits per heavy atom. The molecule has 2 rings (SSSR count). The van der Waals surface area contributed by atoms with Crippen LogP contribution in [0.25, 0.3) is 0 Å². The van der Waals surface area contributed by atoms with E-state index in [-0.39, 0.29) is 0 Å². The van der Waals surface area contributed by atoms with E-state index in [0.29, 0.717) is 12.0 Å². The molecule has 0 aromatic heterocycles. The number of likely N-dealkylation sites (tertiary alicyclic amines) is 1. The smallest absolute Gasteiger partial charge is 0.0740 e. The summed E-state index contributed by atoms with van der Waals surface area (Å²) >= 11 is 0. The fourth-order valence-electron chi connectivity index (χ4n) is 3.14. The maximum absolute atomic E-state index is 11.0. The van der Waals surface area contributed by atoms with E-state index in [4.69, 9.17) is 0 Å². The van der Waals surface area contributed by atoms with E-state index in [0.717, 1.165) is 25.8 Å².